The minimum absolute atomic E-state index is 0.328. The second-order valence-electron chi connectivity index (χ2n) is 5.30. The highest BCUT2D eigenvalue weighted by Crippen LogP contribution is 2.40. The lowest BCUT2D eigenvalue weighted by atomic mass is 9.77. The molecule has 0 bridgehead atoms. The van der Waals surface area contributed by atoms with Gasteiger partial charge in [-0.15, -0.1) is 0 Å². The summed E-state index contributed by atoms with van der Waals surface area (Å²) in [5.41, 5.74) is 1.03. The van der Waals surface area contributed by atoms with Crippen LogP contribution in [0.25, 0.3) is 0 Å². The maximum atomic E-state index is 10.5. The van der Waals surface area contributed by atoms with Crippen molar-refractivity contribution in [1.82, 2.24) is 0 Å². The first kappa shape index (κ1) is 14.5. The van der Waals surface area contributed by atoms with E-state index in [4.69, 9.17) is 0 Å². The molecule has 1 nitrogen and oxygen atoms in total. The Morgan fingerprint density at radius 1 is 1.22 bits per heavy atom. The van der Waals surface area contributed by atoms with Crippen LogP contribution >= 0.6 is 31.9 Å². The predicted molar refractivity (Wildman–Crippen MR) is 82.5 cm³/mol. The zero-order chi connectivity index (χ0) is 13.1. The first-order chi connectivity index (χ1) is 8.61. The van der Waals surface area contributed by atoms with Crippen LogP contribution in [0, 0.1) is 11.8 Å². The standard InChI is InChI=1S/C15H20Br2O/c1-2-10-3-5-11(6-4-10)15(18)13-8-7-12(16)9-14(13)17/h7-11,15,18H,2-6H2,1H3. The van der Waals surface area contributed by atoms with Gasteiger partial charge >= 0.3 is 0 Å². The summed E-state index contributed by atoms with van der Waals surface area (Å²) in [7, 11) is 0. The van der Waals surface area contributed by atoms with Gasteiger partial charge in [0.25, 0.3) is 0 Å². The molecule has 1 fully saturated rings. The maximum absolute atomic E-state index is 10.5. The smallest absolute Gasteiger partial charge is 0.0829 e. The van der Waals surface area contributed by atoms with E-state index >= 15 is 0 Å². The first-order valence-corrected chi connectivity index (χ1v) is 8.33. The molecule has 2 rings (SSSR count). The summed E-state index contributed by atoms with van der Waals surface area (Å²) in [4.78, 5) is 0. The normalized spacial score (nSPS) is 26.0. The Labute approximate surface area is 126 Å². The van der Waals surface area contributed by atoms with Gasteiger partial charge in [-0.2, -0.15) is 0 Å². The summed E-state index contributed by atoms with van der Waals surface area (Å²) in [6.07, 6.45) is 5.80. The number of aliphatic hydroxyl groups excluding tert-OH is 1. The van der Waals surface area contributed by atoms with Crippen molar-refractivity contribution < 1.29 is 5.11 Å². The van der Waals surface area contributed by atoms with Crippen LogP contribution in [-0.4, -0.2) is 5.11 Å². The lowest BCUT2D eigenvalue weighted by Gasteiger charge is -2.31. The maximum Gasteiger partial charge on any atom is 0.0829 e. The van der Waals surface area contributed by atoms with E-state index in [0.717, 1.165) is 33.3 Å². The minimum Gasteiger partial charge on any atom is -0.388 e. The molecule has 3 heteroatoms. The average molecular weight is 376 g/mol. The van der Waals surface area contributed by atoms with Crippen LogP contribution in [0.1, 0.15) is 50.7 Å². The molecule has 1 aromatic rings. The molecule has 1 unspecified atom stereocenters. The molecule has 1 aliphatic rings. The van der Waals surface area contributed by atoms with Crippen molar-refractivity contribution in [3.63, 3.8) is 0 Å². The molecule has 1 aromatic carbocycles. The Morgan fingerprint density at radius 3 is 2.44 bits per heavy atom. The lowest BCUT2D eigenvalue weighted by molar-refractivity contribution is 0.0724. The van der Waals surface area contributed by atoms with E-state index in [-0.39, 0.29) is 6.10 Å². The van der Waals surface area contributed by atoms with Gasteiger partial charge in [0.2, 0.25) is 0 Å². The predicted octanol–water partition coefficient (Wildman–Crippen LogP) is 5.46. The molecule has 18 heavy (non-hydrogen) atoms. The molecule has 0 amide bonds. The van der Waals surface area contributed by atoms with Crippen LogP contribution in [0.15, 0.2) is 27.1 Å². The highest BCUT2D eigenvalue weighted by molar-refractivity contribution is 9.11. The topological polar surface area (TPSA) is 20.2 Å². The Kier molecular flexibility index (Phi) is 5.28. The highest BCUT2D eigenvalue weighted by atomic mass is 79.9. The Hall–Kier alpha value is 0.140. The monoisotopic (exact) mass is 374 g/mol. The van der Waals surface area contributed by atoms with Gasteiger partial charge in [0.1, 0.15) is 0 Å². The van der Waals surface area contributed by atoms with Crippen molar-refractivity contribution in [2.75, 3.05) is 0 Å². The number of aliphatic hydroxyl groups is 1. The molecule has 1 atom stereocenters. The molecule has 0 heterocycles. The quantitative estimate of drug-likeness (QED) is 0.743. The van der Waals surface area contributed by atoms with Gasteiger partial charge in [-0.25, -0.2) is 0 Å². The van der Waals surface area contributed by atoms with E-state index in [1.807, 2.05) is 18.2 Å². The van der Waals surface area contributed by atoms with E-state index in [1.54, 1.807) is 0 Å². The Morgan fingerprint density at radius 2 is 1.89 bits per heavy atom. The molecule has 1 aliphatic carbocycles. The third kappa shape index (κ3) is 3.37. The highest BCUT2D eigenvalue weighted by Gasteiger charge is 2.27. The van der Waals surface area contributed by atoms with Gasteiger partial charge in [0, 0.05) is 8.95 Å². The van der Waals surface area contributed by atoms with Crippen LogP contribution in [0.3, 0.4) is 0 Å². The second-order valence-corrected chi connectivity index (χ2v) is 7.07. The molecule has 0 spiro atoms. The summed E-state index contributed by atoms with van der Waals surface area (Å²) >= 11 is 7.00. The summed E-state index contributed by atoms with van der Waals surface area (Å²) in [6.45, 7) is 2.27. The fraction of sp³-hybridized carbons (Fsp3) is 0.600. The van der Waals surface area contributed by atoms with Crippen LogP contribution in [0.4, 0.5) is 0 Å². The van der Waals surface area contributed by atoms with Crippen molar-refractivity contribution in [3.05, 3.63) is 32.7 Å². The molecule has 0 aromatic heterocycles. The SMILES string of the molecule is CCC1CCC(C(O)c2ccc(Br)cc2Br)CC1. The largest absolute Gasteiger partial charge is 0.388 e. The zero-order valence-corrected chi connectivity index (χ0v) is 13.9. The number of rotatable bonds is 3. The fourth-order valence-corrected chi connectivity index (χ4v) is 4.19. The summed E-state index contributed by atoms with van der Waals surface area (Å²) in [5, 5.41) is 10.5. The molecule has 0 saturated heterocycles. The van der Waals surface area contributed by atoms with Crippen LogP contribution < -0.4 is 0 Å². The Balaban J connectivity index is 2.05. The molecular formula is C15H20Br2O. The van der Waals surface area contributed by atoms with Gasteiger partial charge < -0.3 is 5.11 Å². The van der Waals surface area contributed by atoms with Gasteiger partial charge in [-0.05, 0) is 42.4 Å². The van der Waals surface area contributed by atoms with Gasteiger partial charge in [-0.1, -0.05) is 64.1 Å². The van der Waals surface area contributed by atoms with Crippen molar-refractivity contribution in [1.29, 1.82) is 0 Å². The summed E-state index contributed by atoms with van der Waals surface area (Å²) < 4.78 is 2.04. The van der Waals surface area contributed by atoms with Gasteiger partial charge in [0.05, 0.1) is 6.10 Å². The summed E-state index contributed by atoms with van der Waals surface area (Å²) in [5.74, 6) is 1.30. The van der Waals surface area contributed by atoms with E-state index in [2.05, 4.69) is 38.8 Å². The number of halogens is 2. The van der Waals surface area contributed by atoms with Crippen LogP contribution in [0.5, 0.6) is 0 Å². The molecule has 1 N–H and O–H groups in total. The summed E-state index contributed by atoms with van der Waals surface area (Å²) in [6, 6.07) is 6.03. The second kappa shape index (κ2) is 6.53. The van der Waals surface area contributed by atoms with E-state index < -0.39 is 0 Å². The van der Waals surface area contributed by atoms with Crippen molar-refractivity contribution in [2.45, 2.75) is 45.1 Å². The molecule has 0 aliphatic heterocycles. The van der Waals surface area contributed by atoms with Crippen LogP contribution in [0.2, 0.25) is 0 Å². The third-order valence-electron chi connectivity index (χ3n) is 4.20. The zero-order valence-electron chi connectivity index (χ0n) is 10.7. The Bertz CT molecular complexity index is 397. The lowest BCUT2D eigenvalue weighted by Crippen LogP contribution is -2.20. The molecule has 100 valence electrons. The van der Waals surface area contributed by atoms with Crippen molar-refractivity contribution >= 4 is 31.9 Å². The number of hydrogen-bond acceptors (Lipinski definition) is 1. The van der Waals surface area contributed by atoms with E-state index in [0.29, 0.717) is 5.92 Å². The van der Waals surface area contributed by atoms with E-state index in [1.165, 1.54) is 19.3 Å². The van der Waals surface area contributed by atoms with Crippen molar-refractivity contribution in [2.24, 2.45) is 11.8 Å². The van der Waals surface area contributed by atoms with Gasteiger partial charge in [-0.3, -0.25) is 0 Å². The fourth-order valence-electron chi connectivity index (χ4n) is 2.91. The van der Waals surface area contributed by atoms with Gasteiger partial charge in [0.15, 0.2) is 0 Å². The number of benzene rings is 1. The van der Waals surface area contributed by atoms with Crippen molar-refractivity contribution in [3.8, 4) is 0 Å². The molecule has 1 saturated carbocycles. The minimum atomic E-state index is -0.328. The average Bonchev–Trinajstić information content (AvgIpc) is 2.38. The number of hydrogen-bond donors (Lipinski definition) is 1. The van der Waals surface area contributed by atoms with Crippen LogP contribution in [-0.2, 0) is 0 Å². The third-order valence-corrected chi connectivity index (χ3v) is 5.38. The van der Waals surface area contributed by atoms with E-state index in [9.17, 15) is 5.11 Å². The molecule has 0 radical (unpaired) electrons. The molecular weight excluding hydrogens is 356 g/mol. The first-order valence-electron chi connectivity index (χ1n) is 6.74.